The van der Waals surface area contributed by atoms with Crippen LogP contribution in [0.1, 0.15) is 5.56 Å². The Bertz CT molecular complexity index is 922. The van der Waals surface area contributed by atoms with Gasteiger partial charge in [0, 0.05) is 7.05 Å². The third kappa shape index (κ3) is 3.13. The van der Waals surface area contributed by atoms with Crippen molar-refractivity contribution in [2.75, 3.05) is 21.0 Å². The summed E-state index contributed by atoms with van der Waals surface area (Å²) in [6, 6.07) is 13.0. The van der Waals surface area contributed by atoms with Gasteiger partial charge in [-0.2, -0.15) is 0 Å². The first-order chi connectivity index (χ1) is 12.6. The molecule has 2 aliphatic rings. The topological polar surface area (TPSA) is 60.4 Å². The minimum Gasteiger partial charge on any atom is -0.497 e. The van der Waals surface area contributed by atoms with Crippen molar-refractivity contribution in [3.63, 3.8) is 0 Å². The number of benzene rings is 2. The number of hydrogen-bond donors (Lipinski definition) is 0. The number of amidine groups is 1. The second kappa shape index (κ2) is 6.76. The van der Waals surface area contributed by atoms with Crippen molar-refractivity contribution in [2.24, 2.45) is 4.99 Å². The first-order valence-corrected chi connectivity index (χ1v) is 8.76. The summed E-state index contributed by atoms with van der Waals surface area (Å²) in [6.45, 7) is 0.227. The molecule has 0 N–H and O–H groups in total. The van der Waals surface area contributed by atoms with Crippen LogP contribution in [-0.4, -0.2) is 36.9 Å². The van der Waals surface area contributed by atoms with Gasteiger partial charge in [0.25, 0.3) is 5.91 Å². The molecule has 1 saturated heterocycles. The molecule has 7 heteroatoms. The van der Waals surface area contributed by atoms with Crippen LogP contribution in [0.3, 0.4) is 0 Å². The molecule has 0 bridgehead atoms. The Balaban J connectivity index is 1.59. The van der Waals surface area contributed by atoms with Gasteiger partial charge in [-0.1, -0.05) is 6.07 Å². The van der Waals surface area contributed by atoms with Crippen molar-refractivity contribution in [3.8, 4) is 17.2 Å². The van der Waals surface area contributed by atoms with E-state index in [2.05, 4.69) is 4.99 Å². The van der Waals surface area contributed by atoms with Crippen molar-refractivity contribution in [1.29, 1.82) is 0 Å². The van der Waals surface area contributed by atoms with E-state index in [4.69, 9.17) is 14.2 Å². The van der Waals surface area contributed by atoms with E-state index in [0.717, 1.165) is 22.7 Å². The normalized spacial score (nSPS) is 18.8. The van der Waals surface area contributed by atoms with Crippen LogP contribution in [-0.2, 0) is 4.79 Å². The van der Waals surface area contributed by atoms with Crippen LogP contribution in [0.25, 0.3) is 6.08 Å². The monoisotopic (exact) mass is 368 g/mol. The van der Waals surface area contributed by atoms with E-state index in [1.165, 1.54) is 11.8 Å². The lowest BCUT2D eigenvalue weighted by molar-refractivity contribution is -0.121. The summed E-state index contributed by atoms with van der Waals surface area (Å²) in [5.74, 6) is 2.09. The molecule has 2 aliphatic heterocycles. The smallest absolute Gasteiger partial charge is 0.266 e. The van der Waals surface area contributed by atoms with Crippen molar-refractivity contribution >= 4 is 34.6 Å². The summed E-state index contributed by atoms with van der Waals surface area (Å²) in [4.78, 5) is 19.2. The lowest BCUT2D eigenvalue weighted by Crippen LogP contribution is -2.23. The molecule has 0 unspecified atom stereocenters. The summed E-state index contributed by atoms with van der Waals surface area (Å²) in [6.07, 6.45) is 1.84. The van der Waals surface area contributed by atoms with Crippen LogP contribution in [0.2, 0.25) is 0 Å². The van der Waals surface area contributed by atoms with E-state index in [1.807, 2.05) is 48.5 Å². The summed E-state index contributed by atoms with van der Waals surface area (Å²) < 4.78 is 15.8. The minimum absolute atomic E-state index is 0.0834. The molecule has 0 atom stereocenters. The van der Waals surface area contributed by atoms with Crippen LogP contribution in [0.15, 0.2) is 52.4 Å². The van der Waals surface area contributed by atoms with Crippen LogP contribution in [0, 0.1) is 0 Å². The van der Waals surface area contributed by atoms with Crippen LogP contribution in [0.5, 0.6) is 17.2 Å². The first kappa shape index (κ1) is 16.5. The van der Waals surface area contributed by atoms with Gasteiger partial charge < -0.3 is 14.2 Å². The second-order valence-corrected chi connectivity index (χ2v) is 6.69. The fourth-order valence-electron chi connectivity index (χ4n) is 2.57. The summed E-state index contributed by atoms with van der Waals surface area (Å²) >= 11 is 1.34. The quantitative estimate of drug-likeness (QED) is 0.774. The standard InChI is InChI=1S/C19H16N2O4S/c1-21-18(22)17(10-12-3-8-15-16(9-12)25-11-24-15)26-19(21)20-13-4-6-14(23-2)7-5-13/h3-10H,11H2,1-2H3. The van der Waals surface area contributed by atoms with Crippen LogP contribution in [0.4, 0.5) is 5.69 Å². The van der Waals surface area contributed by atoms with Gasteiger partial charge in [0.05, 0.1) is 17.7 Å². The largest absolute Gasteiger partial charge is 0.497 e. The number of methoxy groups -OCH3 is 1. The number of likely N-dealkylation sites (N-methyl/N-ethyl adjacent to an activating group) is 1. The van der Waals surface area contributed by atoms with Gasteiger partial charge in [-0.05, 0) is 59.8 Å². The molecule has 2 heterocycles. The number of carbonyl (C=O) groups excluding carboxylic acids is 1. The zero-order chi connectivity index (χ0) is 18.1. The molecule has 132 valence electrons. The van der Waals surface area contributed by atoms with Gasteiger partial charge in [-0.3, -0.25) is 9.69 Å². The third-order valence-corrected chi connectivity index (χ3v) is 5.06. The van der Waals surface area contributed by atoms with E-state index >= 15 is 0 Å². The highest BCUT2D eigenvalue weighted by Crippen LogP contribution is 2.36. The molecule has 0 radical (unpaired) electrons. The van der Waals surface area contributed by atoms with Crippen molar-refractivity contribution < 1.29 is 19.0 Å². The molecule has 6 nitrogen and oxygen atoms in total. The zero-order valence-electron chi connectivity index (χ0n) is 14.3. The summed E-state index contributed by atoms with van der Waals surface area (Å²) in [5.41, 5.74) is 1.64. The second-order valence-electron chi connectivity index (χ2n) is 5.68. The van der Waals surface area contributed by atoms with E-state index in [1.54, 1.807) is 19.1 Å². The third-order valence-electron chi connectivity index (χ3n) is 4.00. The van der Waals surface area contributed by atoms with Gasteiger partial charge in [0.15, 0.2) is 16.7 Å². The average molecular weight is 368 g/mol. The number of hydrogen-bond acceptors (Lipinski definition) is 6. The van der Waals surface area contributed by atoms with Gasteiger partial charge in [-0.25, -0.2) is 4.99 Å². The molecule has 1 amide bonds. The van der Waals surface area contributed by atoms with Crippen molar-refractivity contribution in [1.82, 2.24) is 4.90 Å². The first-order valence-electron chi connectivity index (χ1n) is 7.94. The Morgan fingerprint density at radius 1 is 1.15 bits per heavy atom. The number of rotatable bonds is 3. The molecule has 2 aromatic rings. The average Bonchev–Trinajstić information content (AvgIpc) is 3.23. The van der Waals surface area contributed by atoms with E-state index in [-0.39, 0.29) is 12.7 Å². The highest BCUT2D eigenvalue weighted by molar-refractivity contribution is 8.18. The van der Waals surface area contributed by atoms with Crippen LogP contribution >= 0.6 is 11.8 Å². The molecule has 0 spiro atoms. The Morgan fingerprint density at radius 3 is 2.69 bits per heavy atom. The number of nitrogens with zero attached hydrogens (tertiary/aromatic N) is 2. The van der Waals surface area contributed by atoms with Gasteiger partial charge in [-0.15, -0.1) is 0 Å². The predicted octanol–water partition coefficient (Wildman–Crippen LogP) is 3.66. The molecule has 2 aromatic carbocycles. The lowest BCUT2D eigenvalue weighted by Gasteiger charge is -2.07. The lowest BCUT2D eigenvalue weighted by atomic mass is 10.2. The fourth-order valence-corrected chi connectivity index (χ4v) is 3.56. The van der Waals surface area contributed by atoms with Crippen molar-refractivity contribution in [3.05, 3.63) is 52.9 Å². The highest BCUT2D eigenvalue weighted by Gasteiger charge is 2.30. The van der Waals surface area contributed by atoms with Gasteiger partial charge in [0.2, 0.25) is 6.79 Å². The summed E-state index contributed by atoms with van der Waals surface area (Å²) in [5, 5.41) is 0.632. The van der Waals surface area contributed by atoms with Gasteiger partial charge in [0.1, 0.15) is 5.75 Å². The maximum absolute atomic E-state index is 12.5. The molecule has 26 heavy (non-hydrogen) atoms. The molecule has 0 aromatic heterocycles. The zero-order valence-corrected chi connectivity index (χ0v) is 15.1. The van der Waals surface area contributed by atoms with E-state index < -0.39 is 0 Å². The molecule has 0 aliphatic carbocycles. The van der Waals surface area contributed by atoms with E-state index in [9.17, 15) is 4.79 Å². The molecular weight excluding hydrogens is 352 g/mol. The number of thioether (sulfide) groups is 1. The summed E-state index contributed by atoms with van der Waals surface area (Å²) in [7, 11) is 3.34. The maximum Gasteiger partial charge on any atom is 0.266 e. The number of aliphatic imine (C=N–C) groups is 1. The Kier molecular flexibility index (Phi) is 4.30. The number of amides is 1. The van der Waals surface area contributed by atoms with Crippen molar-refractivity contribution in [2.45, 2.75) is 0 Å². The Hall–Kier alpha value is -2.93. The Morgan fingerprint density at radius 2 is 1.92 bits per heavy atom. The van der Waals surface area contributed by atoms with Gasteiger partial charge >= 0.3 is 0 Å². The van der Waals surface area contributed by atoms with Crippen LogP contribution < -0.4 is 14.2 Å². The number of carbonyl (C=O) groups is 1. The Labute approximate surface area is 155 Å². The SMILES string of the molecule is COc1ccc(N=C2SC(=Cc3ccc4c(c3)OCO4)C(=O)N2C)cc1. The minimum atomic E-state index is -0.0834. The maximum atomic E-state index is 12.5. The molecule has 1 fully saturated rings. The fraction of sp³-hybridized carbons (Fsp3) is 0.158. The predicted molar refractivity (Wildman–Crippen MR) is 101 cm³/mol. The molecule has 4 rings (SSSR count). The molecular formula is C19H16N2O4S. The number of fused-ring (bicyclic) bond motifs is 1. The molecule has 0 saturated carbocycles. The van der Waals surface area contributed by atoms with E-state index in [0.29, 0.717) is 15.8 Å². The number of ether oxygens (including phenoxy) is 3. The highest BCUT2D eigenvalue weighted by atomic mass is 32.2.